The Bertz CT molecular complexity index is 630. The van der Waals surface area contributed by atoms with Gasteiger partial charge in [0.15, 0.2) is 5.76 Å². The maximum absolute atomic E-state index is 13.3. The highest BCUT2D eigenvalue weighted by Crippen LogP contribution is 2.56. The first-order chi connectivity index (χ1) is 11.6. The topological polar surface area (TPSA) is 52.3 Å². The molecule has 4 nitrogen and oxygen atoms in total. The SMILES string of the molecule is CC(C)C(C=O)c1cc(OSC(F)(F)C(F)(F)C(F)(F)C(F)(F)F)no1. The molecule has 0 spiro atoms. The molecule has 0 N–H and O–H groups in total. The summed E-state index contributed by atoms with van der Waals surface area (Å²) in [5.41, 5.74) is 0. The normalized spacial score (nSPS) is 15.2. The van der Waals surface area contributed by atoms with Crippen LogP contribution in [0, 0.1) is 5.92 Å². The second kappa shape index (κ2) is 7.19. The van der Waals surface area contributed by atoms with Gasteiger partial charge in [-0.15, -0.1) is 0 Å². The van der Waals surface area contributed by atoms with E-state index in [1.807, 2.05) is 0 Å². The fourth-order valence-corrected chi connectivity index (χ4v) is 2.03. The summed E-state index contributed by atoms with van der Waals surface area (Å²) in [6.07, 6.45) is -6.51. The van der Waals surface area contributed by atoms with Crippen LogP contribution in [0.15, 0.2) is 10.6 Å². The predicted octanol–water partition coefficient (Wildman–Crippen LogP) is 5.07. The Hall–Kier alpha value is -1.60. The molecule has 1 atom stereocenters. The summed E-state index contributed by atoms with van der Waals surface area (Å²) in [4.78, 5) is 10.9. The van der Waals surface area contributed by atoms with Crippen molar-refractivity contribution in [1.29, 1.82) is 0 Å². The molecule has 0 aliphatic rings. The molecule has 14 heteroatoms. The third-order valence-electron chi connectivity index (χ3n) is 3.05. The van der Waals surface area contributed by atoms with Gasteiger partial charge in [0.2, 0.25) is 0 Å². The summed E-state index contributed by atoms with van der Waals surface area (Å²) in [7, 11) is 0. The minimum absolute atomic E-state index is 0.207. The van der Waals surface area contributed by atoms with Gasteiger partial charge < -0.3 is 13.5 Å². The fraction of sp³-hybridized carbons (Fsp3) is 0.667. The van der Waals surface area contributed by atoms with Gasteiger partial charge in [0.05, 0.1) is 5.92 Å². The molecular formula is C12H10F9NO3S. The van der Waals surface area contributed by atoms with E-state index in [2.05, 4.69) is 13.9 Å². The van der Waals surface area contributed by atoms with Gasteiger partial charge >= 0.3 is 23.3 Å². The van der Waals surface area contributed by atoms with E-state index in [9.17, 15) is 44.3 Å². The van der Waals surface area contributed by atoms with Gasteiger partial charge in [0.1, 0.15) is 18.3 Å². The van der Waals surface area contributed by atoms with Crippen LogP contribution in [0.25, 0.3) is 0 Å². The number of aromatic nitrogens is 1. The van der Waals surface area contributed by atoms with Gasteiger partial charge in [-0.2, -0.15) is 39.5 Å². The molecule has 150 valence electrons. The van der Waals surface area contributed by atoms with Crippen LogP contribution in [0.3, 0.4) is 0 Å². The Kier molecular flexibility index (Phi) is 6.21. The number of carbonyl (C=O) groups is 1. The van der Waals surface area contributed by atoms with Crippen LogP contribution in [-0.4, -0.2) is 34.7 Å². The number of hydrogen-bond acceptors (Lipinski definition) is 5. The molecule has 0 saturated carbocycles. The Labute approximate surface area is 144 Å². The number of alkyl halides is 9. The quantitative estimate of drug-likeness (QED) is 0.335. The average Bonchev–Trinajstić information content (AvgIpc) is 2.92. The van der Waals surface area contributed by atoms with Gasteiger partial charge in [-0.1, -0.05) is 13.8 Å². The Morgan fingerprint density at radius 1 is 1.08 bits per heavy atom. The Balaban J connectivity index is 2.95. The lowest BCUT2D eigenvalue weighted by molar-refractivity contribution is -0.381. The number of nitrogens with zero attached hydrogens (tertiary/aromatic N) is 1. The first-order valence-corrected chi connectivity index (χ1v) is 7.30. The van der Waals surface area contributed by atoms with Crippen molar-refractivity contribution in [3.63, 3.8) is 0 Å². The molecular weight excluding hydrogens is 409 g/mol. The van der Waals surface area contributed by atoms with Gasteiger partial charge in [0.25, 0.3) is 5.88 Å². The van der Waals surface area contributed by atoms with Crippen LogP contribution in [-0.2, 0) is 4.79 Å². The first kappa shape index (κ1) is 22.4. The summed E-state index contributed by atoms with van der Waals surface area (Å²) in [6, 6.07) is 0.738. The van der Waals surface area contributed by atoms with Crippen molar-refractivity contribution in [3.05, 3.63) is 11.8 Å². The summed E-state index contributed by atoms with van der Waals surface area (Å²) in [6.45, 7) is 3.15. The number of halogens is 9. The van der Waals surface area contributed by atoms with E-state index < -0.39 is 47.1 Å². The lowest BCUT2D eigenvalue weighted by atomic mass is 9.95. The molecule has 1 aromatic rings. The van der Waals surface area contributed by atoms with E-state index in [0.717, 1.165) is 6.07 Å². The molecule has 1 aromatic heterocycles. The highest BCUT2D eigenvalue weighted by atomic mass is 32.2. The van der Waals surface area contributed by atoms with Crippen LogP contribution in [0.4, 0.5) is 39.5 Å². The molecule has 0 aliphatic heterocycles. The molecule has 0 aliphatic carbocycles. The van der Waals surface area contributed by atoms with Crippen molar-refractivity contribution in [1.82, 2.24) is 5.16 Å². The van der Waals surface area contributed by atoms with Crippen molar-refractivity contribution in [2.45, 2.75) is 43.0 Å². The minimum Gasteiger partial charge on any atom is -0.396 e. The molecule has 0 amide bonds. The number of aldehydes is 1. The van der Waals surface area contributed by atoms with Crippen molar-refractivity contribution in [2.24, 2.45) is 5.92 Å². The second-order valence-electron chi connectivity index (χ2n) is 5.30. The van der Waals surface area contributed by atoms with Crippen LogP contribution in [0.1, 0.15) is 25.5 Å². The molecule has 0 aromatic carbocycles. The summed E-state index contributed by atoms with van der Waals surface area (Å²) < 4.78 is 122. The Morgan fingerprint density at radius 2 is 1.62 bits per heavy atom. The van der Waals surface area contributed by atoms with Gasteiger partial charge in [-0.05, 0) is 11.1 Å². The first-order valence-electron chi connectivity index (χ1n) is 6.56. The lowest BCUT2D eigenvalue weighted by Gasteiger charge is -2.32. The third-order valence-corrected chi connectivity index (χ3v) is 3.77. The molecule has 1 unspecified atom stereocenters. The molecule has 0 bridgehead atoms. The molecule has 26 heavy (non-hydrogen) atoms. The van der Waals surface area contributed by atoms with E-state index in [1.165, 1.54) is 0 Å². The van der Waals surface area contributed by atoms with Crippen molar-refractivity contribution in [2.75, 3.05) is 0 Å². The number of hydrogen-bond donors (Lipinski definition) is 0. The van der Waals surface area contributed by atoms with Gasteiger partial charge in [-0.25, -0.2) is 0 Å². The van der Waals surface area contributed by atoms with Crippen LogP contribution in [0.5, 0.6) is 5.88 Å². The second-order valence-corrected chi connectivity index (χ2v) is 6.15. The van der Waals surface area contributed by atoms with Crippen LogP contribution in [0.2, 0.25) is 0 Å². The molecule has 0 fully saturated rings. The van der Waals surface area contributed by atoms with Gasteiger partial charge in [0, 0.05) is 6.07 Å². The zero-order chi connectivity index (χ0) is 20.6. The highest BCUT2D eigenvalue weighted by Gasteiger charge is 2.82. The zero-order valence-electron chi connectivity index (χ0n) is 12.8. The summed E-state index contributed by atoms with van der Waals surface area (Å²) >= 11 is -1.65. The van der Waals surface area contributed by atoms with Crippen molar-refractivity contribution in [3.8, 4) is 5.88 Å². The standard InChI is InChI=1S/C12H10F9NO3S/c1-5(2)6(4-23)7-3-8(22-24-7)25-26-12(20,21)10(15,16)9(13,14)11(17,18)19/h3-6H,1-2H3. The molecule has 1 rings (SSSR count). The minimum atomic E-state index is -7.02. The monoisotopic (exact) mass is 419 g/mol. The summed E-state index contributed by atoms with van der Waals surface area (Å²) in [5.74, 6) is -16.2. The maximum atomic E-state index is 13.3. The lowest BCUT2D eigenvalue weighted by Crippen LogP contribution is -2.59. The smallest absolute Gasteiger partial charge is 0.396 e. The average molecular weight is 419 g/mol. The highest BCUT2D eigenvalue weighted by molar-refractivity contribution is 7.96. The number of rotatable bonds is 8. The van der Waals surface area contributed by atoms with Crippen molar-refractivity contribution < 1.29 is 53.0 Å². The van der Waals surface area contributed by atoms with E-state index >= 15 is 0 Å². The fourth-order valence-electron chi connectivity index (χ4n) is 1.53. The van der Waals surface area contributed by atoms with Gasteiger partial charge in [-0.3, -0.25) is 0 Å². The molecule has 0 radical (unpaired) electrons. The van der Waals surface area contributed by atoms with E-state index in [-0.39, 0.29) is 11.7 Å². The maximum Gasteiger partial charge on any atom is 0.460 e. The van der Waals surface area contributed by atoms with Crippen LogP contribution >= 0.6 is 12.0 Å². The Morgan fingerprint density at radius 3 is 2.04 bits per heavy atom. The summed E-state index contributed by atoms with van der Waals surface area (Å²) in [5, 5.41) is -2.98. The van der Waals surface area contributed by atoms with E-state index in [4.69, 9.17) is 0 Å². The predicted molar refractivity (Wildman–Crippen MR) is 69.3 cm³/mol. The largest absolute Gasteiger partial charge is 0.460 e. The molecule has 1 heterocycles. The van der Waals surface area contributed by atoms with E-state index in [0.29, 0.717) is 6.29 Å². The van der Waals surface area contributed by atoms with Crippen LogP contribution < -0.4 is 4.18 Å². The molecule has 0 saturated heterocycles. The van der Waals surface area contributed by atoms with E-state index in [1.54, 1.807) is 13.8 Å². The van der Waals surface area contributed by atoms with Crippen molar-refractivity contribution >= 4 is 18.3 Å². The zero-order valence-corrected chi connectivity index (χ0v) is 13.6. The number of carbonyl (C=O) groups excluding carboxylic acids is 1. The third kappa shape index (κ3) is 4.04.